The summed E-state index contributed by atoms with van der Waals surface area (Å²) in [5.74, 6) is 0.292. The number of hydrogen-bond acceptors (Lipinski definition) is 4. The van der Waals surface area contributed by atoms with Gasteiger partial charge in [-0.1, -0.05) is 0 Å². The highest BCUT2D eigenvalue weighted by Gasteiger charge is 2.13. The van der Waals surface area contributed by atoms with E-state index in [1.54, 1.807) is 32.3 Å². The van der Waals surface area contributed by atoms with Gasteiger partial charge in [0.05, 0.1) is 12.8 Å². The van der Waals surface area contributed by atoms with Crippen LogP contribution in [0.4, 0.5) is 5.69 Å². The Morgan fingerprint density at radius 3 is 2.57 bits per heavy atom. The van der Waals surface area contributed by atoms with Crippen molar-refractivity contribution in [1.29, 1.82) is 0 Å². The summed E-state index contributed by atoms with van der Waals surface area (Å²) in [6.07, 6.45) is 1.20. The Morgan fingerprint density at radius 2 is 2.00 bits per heavy atom. The molecule has 0 aliphatic carbocycles. The molecule has 0 aromatic heterocycles. The van der Waals surface area contributed by atoms with Gasteiger partial charge in [-0.25, -0.2) is 0 Å². The zero-order valence-electron chi connectivity index (χ0n) is 13.0. The van der Waals surface area contributed by atoms with Gasteiger partial charge in [-0.05, 0) is 38.2 Å². The van der Waals surface area contributed by atoms with Crippen LogP contribution in [0.3, 0.4) is 0 Å². The molecule has 0 spiro atoms. The number of methoxy groups -OCH3 is 1. The van der Waals surface area contributed by atoms with Gasteiger partial charge in [-0.2, -0.15) is 0 Å². The summed E-state index contributed by atoms with van der Waals surface area (Å²) < 4.78 is 5.24. The summed E-state index contributed by atoms with van der Waals surface area (Å²) in [5, 5.41) is 5.79. The van der Waals surface area contributed by atoms with Gasteiger partial charge in [0.1, 0.15) is 5.75 Å². The molecule has 0 bridgehead atoms. The van der Waals surface area contributed by atoms with E-state index in [0.717, 1.165) is 13.0 Å². The van der Waals surface area contributed by atoms with Crippen LogP contribution < -0.4 is 15.4 Å². The molecule has 2 amide bonds. The van der Waals surface area contributed by atoms with Crippen molar-refractivity contribution in [3.8, 4) is 5.75 Å². The van der Waals surface area contributed by atoms with E-state index in [1.807, 2.05) is 7.05 Å². The molecule has 21 heavy (non-hydrogen) atoms. The van der Waals surface area contributed by atoms with Crippen LogP contribution >= 0.6 is 0 Å². The Bertz CT molecular complexity index is 501. The largest absolute Gasteiger partial charge is 0.495 e. The van der Waals surface area contributed by atoms with E-state index in [9.17, 15) is 9.59 Å². The third-order valence-corrected chi connectivity index (χ3v) is 2.96. The van der Waals surface area contributed by atoms with E-state index in [-0.39, 0.29) is 11.8 Å². The topological polar surface area (TPSA) is 70.7 Å². The number of benzene rings is 1. The number of ether oxygens (including phenoxy) is 1. The van der Waals surface area contributed by atoms with Crippen LogP contribution in [0.15, 0.2) is 18.2 Å². The average Bonchev–Trinajstić information content (AvgIpc) is 2.47. The maximum atomic E-state index is 11.9. The van der Waals surface area contributed by atoms with E-state index in [2.05, 4.69) is 10.6 Å². The van der Waals surface area contributed by atoms with Crippen molar-refractivity contribution in [2.24, 2.45) is 0 Å². The van der Waals surface area contributed by atoms with E-state index < -0.39 is 0 Å². The van der Waals surface area contributed by atoms with Crippen molar-refractivity contribution in [3.63, 3.8) is 0 Å². The Kier molecular flexibility index (Phi) is 6.68. The molecule has 0 aliphatic rings. The molecule has 0 saturated carbocycles. The number of rotatable bonds is 7. The van der Waals surface area contributed by atoms with Gasteiger partial charge in [0.25, 0.3) is 5.91 Å². The lowest BCUT2D eigenvalue weighted by molar-refractivity contribution is -0.116. The first kappa shape index (κ1) is 17.0. The van der Waals surface area contributed by atoms with Gasteiger partial charge in [-0.3, -0.25) is 9.59 Å². The third kappa shape index (κ3) is 5.07. The minimum Gasteiger partial charge on any atom is -0.495 e. The lowest BCUT2D eigenvalue weighted by Crippen LogP contribution is -2.22. The minimum atomic E-state index is -0.111. The fourth-order valence-electron chi connectivity index (χ4n) is 1.82. The number of carbonyl (C=O) groups is 2. The van der Waals surface area contributed by atoms with Crippen LogP contribution in [0.2, 0.25) is 0 Å². The molecule has 0 radical (unpaired) electrons. The predicted molar refractivity (Wildman–Crippen MR) is 82.8 cm³/mol. The average molecular weight is 293 g/mol. The second-order valence-electron chi connectivity index (χ2n) is 4.87. The summed E-state index contributed by atoms with van der Waals surface area (Å²) in [6.45, 7) is 0.792. The van der Waals surface area contributed by atoms with Crippen LogP contribution in [0.25, 0.3) is 0 Å². The fraction of sp³-hybridized carbons (Fsp3) is 0.467. The van der Waals surface area contributed by atoms with Gasteiger partial charge in [0, 0.05) is 26.1 Å². The van der Waals surface area contributed by atoms with Crippen LogP contribution in [-0.2, 0) is 4.79 Å². The van der Waals surface area contributed by atoms with E-state index >= 15 is 0 Å². The fourth-order valence-corrected chi connectivity index (χ4v) is 1.82. The number of amides is 2. The highest BCUT2D eigenvalue weighted by atomic mass is 16.5. The van der Waals surface area contributed by atoms with E-state index in [4.69, 9.17) is 4.74 Å². The van der Waals surface area contributed by atoms with Gasteiger partial charge < -0.3 is 20.3 Å². The van der Waals surface area contributed by atoms with Crippen LogP contribution in [0, 0.1) is 0 Å². The van der Waals surface area contributed by atoms with E-state index in [0.29, 0.717) is 23.4 Å². The molecular weight excluding hydrogens is 270 g/mol. The van der Waals surface area contributed by atoms with Gasteiger partial charge in [-0.15, -0.1) is 0 Å². The van der Waals surface area contributed by atoms with Crippen molar-refractivity contribution in [2.45, 2.75) is 12.8 Å². The first-order valence-corrected chi connectivity index (χ1v) is 6.83. The summed E-state index contributed by atoms with van der Waals surface area (Å²) in [6, 6.07) is 4.99. The number of hydrogen-bond donors (Lipinski definition) is 2. The van der Waals surface area contributed by atoms with Crippen molar-refractivity contribution in [2.75, 3.05) is 40.1 Å². The molecule has 0 atom stereocenters. The summed E-state index contributed by atoms with van der Waals surface area (Å²) in [7, 11) is 6.73. The molecule has 6 nitrogen and oxygen atoms in total. The molecule has 0 fully saturated rings. The maximum Gasteiger partial charge on any atom is 0.253 e. The SMILES string of the molecule is CNCCCC(=O)Nc1ccc(C(=O)N(C)C)cc1OC. The van der Waals surface area contributed by atoms with Crippen molar-refractivity contribution in [3.05, 3.63) is 23.8 Å². The summed E-state index contributed by atoms with van der Waals surface area (Å²) in [4.78, 5) is 25.2. The number of carbonyl (C=O) groups excluding carboxylic acids is 2. The molecule has 0 aliphatic heterocycles. The first-order valence-electron chi connectivity index (χ1n) is 6.83. The lowest BCUT2D eigenvalue weighted by Gasteiger charge is -2.14. The van der Waals surface area contributed by atoms with Gasteiger partial charge in [0.15, 0.2) is 0 Å². The summed E-state index contributed by atoms with van der Waals surface area (Å²) >= 11 is 0. The molecule has 0 unspecified atom stereocenters. The maximum absolute atomic E-state index is 11.9. The van der Waals surface area contributed by atoms with Crippen molar-refractivity contribution in [1.82, 2.24) is 10.2 Å². The molecular formula is C15H23N3O3. The van der Waals surface area contributed by atoms with Crippen LogP contribution in [0.1, 0.15) is 23.2 Å². The molecule has 116 valence electrons. The molecule has 2 N–H and O–H groups in total. The molecule has 1 aromatic carbocycles. The Morgan fingerprint density at radius 1 is 1.29 bits per heavy atom. The second-order valence-corrected chi connectivity index (χ2v) is 4.87. The molecule has 0 heterocycles. The molecule has 0 saturated heterocycles. The molecule has 1 aromatic rings. The van der Waals surface area contributed by atoms with Crippen LogP contribution in [0.5, 0.6) is 5.75 Å². The lowest BCUT2D eigenvalue weighted by atomic mass is 10.1. The normalized spacial score (nSPS) is 10.1. The Hall–Kier alpha value is -2.08. The number of nitrogens with zero attached hydrogens (tertiary/aromatic N) is 1. The Labute approximate surface area is 125 Å². The van der Waals surface area contributed by atoms with E-state index in [1.165, 1.54) is 12.0 Å². The molecule has 6 heteroatoms. The summed E-state index contributed by atoms with van der Waals surface area (Å²) in [5.41, 5.74) is 1.09. The highest BCUT2D eigenvalue weighted by Crippen LogP contribution is 2.26. The monoisotopic (exact) mass is 293 g/mol. The highest BCUT2D eigenvalue weighted by molar-refractivity contribution is 5.97. The number of nitrogens with one attached hydrogen (secondary N) is 2. The molecule has 1 rings (SSSR count). The minimum absolute atomic E-state index is 0.0739. The zero-order chi connectivity index (χ0) is 15.8. The first-order chi connectivity index (χ1) is 9.99. The van der Waals surface area contributed by atoms with Gasteiger partial charge >= 0.3 is 0 Å². The second kappa shape index (κ2) is 8.26. The predicted octanol–water partition coefficient (Wildman–Crippen LogP) is 1.34. The zero-order valence-corrected chi connectivity index (χ0v) is 13.0. The van der Waals surface area contributed by atoms with Crippen LogP contribution in [-0.4, -0.2) is 51.5 Å². The quantitative estimate of drug-likeness (QED) is 0.744. The number of anilines is 1. The smallest absolute Gasteiger partial charge is 0.253 e. The third-order valence-electron chi connectivity index (χ3n) is 2.96. The van der Waals surface area contributed by atoms with Gasteiger partial charge in [0.2, 0.25) is 5.91 Å². The standard InChI is InChI=1S/C15H23N3O3/c1-16-9-5-6-14(19)17-12-8-7-11(10-13(12)21-4)15(20)18(2)3/h7-8,10,16H,5-6,9H2,1-4H3,(H,17,19). The Balaban J connectivity index is 2.79. The van der Waals surface area contributed by atoms with Crippen molar-refractivity contribution >= 4 is 17.5 Å². The van der Waals surface area contributed by atoms with Crippen molar-refractivity contribution < 1.29 is 14.3 Å².